The largest absolute Gasteiger partial charge is 0.467 e. The SMILES string of the molecule is CCC(C)(CN)C(=O)NC(c1ccccc1)c1ccco1. The Kier molecular flexibility index (Phi) is 4.81. The zero-order chi connectivity index (χ0) is 15.3. The molecule has 1 amide bonds. The number of carbonyl (C=O) groups is 1. The summed E-state index contributed by atoms with van der Waals surface area (Å²) >= 11 is 0. The number of nitrogens with two attached hydrogens (primary N) is 1. The third-order valence-corrected chi connectivity index (χ3v) is 4.02. The van der Waals surface area contributed by atoms with Crippen molar-refractivity contribution in [1.29, 1.82) is 0 Å². The number of rotatable bonds is 6. The first kappa shape index (κ1) is 15.3. The van der Waals surface area contributed by atoms with Crippen LogP contribution in [0.25, 0.3) is 0 Å². The van der Waals surface area contributed by atoms with E-state index in [4.69, 9.17) is 10.2 Å². The van der Waals surface area contributed by atoms with E-state index in [1.54, 1.807) is 6.26 Å². The lowest BCUT2D eigenvalue weighted by Gasteiger charge is -2.28. The van der Waals surface area contributed by atoms with Crippen molar-refractivity contribution in [3.8, 4) is 0 Å². The molecule has 0 bridgehead atoms. The fourth-order valence-electron chi connectivity index (χ4n) is 2.12. The zero-order valence-electron chi connectivity index (χ0n) is 12.5. The van der Waals surface area contributed by atoms with Gasteiger partial charge >= 0.3 is 0 Å². The minimum atomic E-state index is -0.570. The Bertz CT molecular complexity index is 560. The molecule has 0 radical (unpaired) electrons. The van der Waals surface area contributed by atoms with Gasteiger partial charge in [-0.25, -0.2) is 0 Å². The van der Waals surface area contributed by atoms with Gasteiger partial charge in [-0.15, -0.1) is 0 Å². The minimum absolute atomic E-state index is 0.0576. The molecule has 0 fully saturated rings. The van der Waals surface area contributed by atoms with Gasteiger partial charge in [0.15, 0.2) is 0 Å². The maximum Gasteiger partial charge on any atom is 0.228 e. The second kappa shape index (κ2) is 6.59. The van der Waals surface area contributed by atoms with Crippen molar-refractivity contribution in [2.45, 2.75) is 26.3 Å². The van der Waals surface area contributed by atoms with Crippen LogP contribution in [0.1, 0.15) is 37.6 Å². The van der Waals surface area contributed by atoms with Crippen LogP contribution in [0.2, 0.25) is 0 Å². The average Bonchev–Trinajstić information content (AvgIpc) is 3.06. The van der Waals surface area contributed by atoms with Crippen LogP contribution in [0, 0.1) is 5.41 Å². The molecule has 2 unspecified atom stereocenters. The number of amides is 1. The highest BCUT2D eigenvalue weighted by Crippen LogP contribution is 2.26. The summed E-state index contributed by atoms with van der Waals surface area (Å²) in [5.74, 6) is 0.655. The van der Waals surface area contributed by atoms with Crippen LogP contribution in [0.5, 0.6) is 0 Å². The minimum Gasteiger partial charge on any atom is -0.467 e. The van der Waals surface area contributed by atoms with Crippen molar-refractivity contribution < 1.29 is 9.21 Å². The Hall–Kier alpha value is -2.07. The Labute approximate surface area is 125 Å². The normalized spacial score (nSPS) is 15.2. The van der Waals surface area contributed by atoms with Crippen molar-refractivity contribution in [1.82, 2.24) is 5.32 Å². The van der Waals surface area contributed by atoms with Crippen LogP contribution >= 0.6 is 0 Å². The van der Waals surface area contributed by atoms with E-state index < -0.39 is 5.41 Å². The van der Waals surface area contributed by atoms with Crippen molar-refractivity contribution in [2.24, 2.45) is 11.1 Å². The first-order chi connectivity index (χ1) is 10.1. The number of hydrogen-bond donors (Lipinski definition) is 2. The van der Waals surface area contributed by atoms with Crippen molar-refractivity contribution in [2.75, 3.05) is 6.54 Å². The molecule has 4 heteroatoms. The molecule has 0 saturated heterocycles. The van der Waals surface area contributed by atoms with E-state index >= 15 is 0 Å². The predicted molar refractivity (Wildman–Crippen MR) is 82.6 cm³/mol. The van der Waals surface area contributed by atoms with Gasteiger partial charge in [0.2, 0.25) is 5.91 Å². The molecule has 0 aliphatic rings. The maximum atomic E-state index is 12.6. The van der Waals surface area contributed by atoms with Gasteiger partial charge < -0.3 is 15.5 Å². The van der Waals surface area contributed by atoms with Crippen molar-refractivity contribution in [3.05, 3.63) is 60.1 Å². The van der Waals surface area contributed by atoms with E-state index in [-0.39, 0.29) is 11.9 Å². The van der Waals surface area contributed by atoms with Gasteiger partial charge in [0.1, 0.15) is 11.8 Å². The highest BCUT2D eigenvalue weighted by Gasteiger charge is 2.32. The van der Waals surface area contributed by atoms with Gasteiger partial charge in [-0.2, -0.15) is 0 Å². The standard InChI is InChI=1S/C17H22N2O2/c1-3-17(2,12-18)16(20)19-15(14-10-7-11-21-14)13-8-5-4-6-9-13/h4-11,15H,3,12,18H2,1-2H3,(H,19,20). The van der Waals surface area contributed by atoms with Crippen LogP contribution in [0.4, 0.5) is 0 Å². The van der Waals surface area contributed by atoms with E-state index in [1.807, 2.05) is 56.3 Å². The van der Waals surface area contributed by atoms with Crippen molar-refractivity contribution in [3.63, 3.8) is 0 Å². The first-order valence-electron chi connectivity index (χ1n) is 7.20. The first-order valence-corrected chi connectivity index (χ1v) is 7.20. The molecule has 2 rings (SSSR count). The number of hydrogen-bond acceptors (Lipinski definition) is 3. The lowest BCUT2D eigenvalue weighted by Crippen LogP contribution is -2.45. The fourth-order valence-corrected chi connectivity index (χ4v) is 2.12. The summed E-state index contributed by atoms with van der Waals surface area (Å²) in [6.07, 6.45) is 2.30. The van der Waals surface area contributed by atoms with Crippen LogP contribution in [0.3, 0.4) is 0 Å². The number of benzene rings is 1. The molecule has 0 aliphatic carbocycles. The molecule has 1 aromatic carbocycles. The third-order valence-electron chi connectivity index (χ3n) is 4.02. The summed E-state index contributed by atoms with van der Waals surface area (Å²) in [5.41, 5.74) is 6.18. The third kappa shape index (κ3) is 3.34. The van der Waals surface area contributed by atoms with E-state index in [9.17, 15) is 4.79 Å². The summed E-state index contributed by atoms with van der Waals surface area (Å²) in [7, 11) is 0. The fraction of sp³-hybridized carbons (Fsp3) is 0.353. The lowest BCUT2D eigenvalue weighted by atomic mass is 9.86. The highest BCUT2D eigenvalue weighted by molar-refractivity contribution is 5.83. The topological polar surface area (TPSA) is 68.3 Å². The molecule has 1 heterocycles. The molecule has 112 valence electrons. The van der Waals surface area contributed by atoms with E-state index in [0.29, 0.717) is 18.7 Å². The van der Waals surface area contributed by atoms with E-state index in [2.05, 4.69) is 5.32 Å². The molecule has 1 aromatic heterocycles. The number of furan rings is 1. The van der Waals surface area contributed by atoms with E-state index in [1.165, 1.54) is 0 Å². The summed E-state index contributed by atoms with van der Waals surface area (Å²) in [6, 6.07) is 13.2. The molecule has 3 N–H and O–H groups in total. The summed E-state index contributed by atoms with van der Waals surface area (Å²) in [4.78, 5) is 12.6. The molecule has 0 aliphatic heterocycles. The van der Waals surface area contributed by atoms with Crippen LogP contribution in [-0.4, -0.2) is 12.5 Å². The lowest BCUT2D eigenvalue weighted by molar-refractivity contribution is -0.130. The Morgan fingerprint density at radius 2 is 2.00 bits per heavy atom. The van der Waals surface area contributed by atoms with Crippen LogP contribution < -0.4 is 11.1 Å². The van der Waals surface area contributed by atoms with Gasteiger partial charge in [-0.05, 0) is 31.0 Å². The molecular weight excluding hydrogens is 264 g/mol. The second-order valence-electron chi connectivity index (χ2n) is 5.45. The Morgan fingerprint density at radius 1 is 1.29 bits per heavy atom. The summed E-state index contributed by atoms with van der Waals surface area (Å²) in [5, 5.41) is 3.07. The smallest absolute Gasteiger partial charge is 0.228 e. The summed E-state index contributed by atoms with van der Waals surface area (Å²) < 4.78 is 5.48. The van der Waals surface area contributed by atoms with Crippen molar-refractivity contribution >= 4 is 5.91 Å². The summed E-state index contributed by atoms with van der Waals surface area (Å²) in [6.45, 7) is 4.17. The van der Waals surface area contributed by atoms with Crippen LogP contribution in [0.15, 0.2) is 53.1 Å². The van der Waals surface area contributed by atoms with E-state index in [0.717, 1.165) is 5.56 Å². The molecule has 0 saturated carbocycles. The van der Waals surface area contributed by atoms with Gasteiger partial charge in [0, 0.05) is 6.54 Å². The molecule has 0 spiro atoms. The zero-order valence-corrected chi connectivity index (χ0v) is 12.5. The van der Waals surface area contributed by atoms with Crippen LogP contribution in [-0.2, 0) is 4.79 Å². The average molecular weight is 286 g/mol. The highest BCUT2D eigenvalue weighted by atomic mass is 16.3. The molecule has 2 aromatic rings. The number of carbonyl (C=O) groups excluding carboxylic acids is 1. The number of nitrogens with one attached hydrogen (secondary N) is 1. The second-order valence-corrected chi connectivity index (χ2v) is 5.45. The van der Waals surface area contributed by atoms with Gasteiger partial charge in [0.25, 0.3) is 0 Å². The van der Waals surface area contributed by atoms with Gasteiger partial charge in [-0.3, -0.25) is 4.79 Å². The van der Waals surface area contributed by atoms with Gasteiger partial charge in [-0.1, -0.05) is 37.3 Å². The Morgan fingerprint density at radius 3 is 2.52 bits per heavy atom. The molecule has 2 atom stereocenters. The van der Waals surface area contributed by atoms with Gasteiger partial charge in [0.05, 0.1) is 11.7 Å². The monoisotopic (exact) mass is 286 g/mol. The Balaban J connectivity index is 2.28. The molecule has 21 heavy (non-hydrogen) atoms. The quantitative estimate of drug-likeness (QED) is 0.858. The predicted octanol–water partition coefficient (Wildman–Crippen LogP) is 2.86. The maximum absolute atomic E-state index is 12.6. The molecule has 4 nitrogen and oxygen atoms in total. The molecular formula is C17H22N2O2.